The second-order valence-corrected chi connectivity index (χ2v) is 6.10. The van der Waals surface area contributed by atoms with Crippen LogP contribution in [0.1, 0.15) is 53.5 Å². The van der Waals surface area contributed by atoms with Crippen LogP contribution in [0, 0.1) is 13.8 Å². The van der Waals surface area contributed by atoms with Gasteiger partial charge in [-0.25, -0.2) is 0 Å². The molecule has 0 saturated heterocycles. The van der Waals surface area contributed by atoms with Gasteiger partial charge in [-0.15, -0.1) is 0 Å². The first-order valence-electron chi connectivity index (χ1n) is 7.17. The molecule has 2 nitrogen and oxygen atoms in total. The molecule has 1 heterocycles. The number of nitrogens with zero attached hydrogens (tertiary/aromatic N) is 2. The van der Waals surface area contributed by atoms with E-state index >= 15 is 0 Å². The number of hydrogen-bond donors (Lipinski definition) is 0. The van der Waals surface area contributed by atoms with Gasteiger partial charge in [0.15, 0.2) is 0 Å². The maximum atomic E-state index is 4.53. The highest BCUT2D eigenvalue weighted by Gasteiger charge is 2.38. The number of aromatic nitrogens is 2. The van der Waals surface area contributed by atoms with E-state index in [0.717, 1.165) is 11.6 Å². The fraction of sp³-hybridized carbons (Fsp3) is 0.412. The van der Waals surface area contributed by atoms with Crippen molar-refractivity contribution in [1.29, 1.82) is 0 Å². The summed E-state index contributed by atoms with van der Waals surface area (Å²) in [5.74, 6) is 1.45. The summed E-state index contributed by atoms with van der Waals surface area (Å²) < 4.78 is 0. The molecule has 2 aromatic rings. The molecule has 2 bridgehead atoms. The molecule has 1 saturated carbocycles. The Kier molecular flexibility index (Phi) is 2.29. The van der Waals surface area contributed by atoms with E-state index in [-0.39, 0.29) is 0 Å². The fourth-order valence-electron chi connectivity index (χ4n) is 3.80. The molecule has 1 aromatic heterocycles. The Morgan fingerprint density at radius 2 is 1.84 bits per heavy atom. The normalized spacial score (nSPS) is 23.7. The van der Waals surface area contributed by atoms with Gasteiger partial charge in [0, 0.05) is 11.5 Å². The van der Waals surface area contributed by atoms with E-state index < -0.39 is 0 Å². The van der Waals surface area contributed by atoms with Gasteiger partial charge >= 0.3 is 0 Å². The zero-order valence-electron chi connectivity index (χ0n) is 11.5. The van der Waals surface area contributed by atoms with Gasteiger partial charge < -0.3 is 0 Å². The third kappa shape index (κ3) is 1.62. The molecule has 96 valence electrons. The standard InChI is InChI=1S/C17H18N2/c1-10-3-6-14(11(2)7-10)16-9-15-12-4-5-13(8-12)17(15)19-18-16/h3,6-7,9,12-13H,4-5,8H2,1-2H3. The van der Waals surface area contributed by atoms with Crippen molar-refractivity contribution in [2.24, 2.45) is 0 Å². The summed E-state index contributed by atoms with van der Waals surface area (Å²) in [6.45, 7) is 4.29. The summed E-state index contributed by atoms with van der Waals surface area (Å²) in [6, 6.07) is 8.85. The van der Waals surface area contributed by atoms with Gasteiger partial charge in [-0.1, -0.05) is 23.8 Å². The Morgan fingerprint density at radius 3 is 2.68 bits per heavy atom. The van der Waals surface area contributed by atoms with E-state index in [0.29, 0.717) is 5.92 Å². The lowest BCUT2D eigenvalue weighted by Crippen LogP contribution is -2.04. The van der Waals surface area contributed by atoms with Gasteiger partial charge in [0.25, 0.3) is 0 Å². The van der Waals surface area contributed by atoms with Crippen molar-refractivity contribution in [2.45, 2.75) is 44.9 Å². The maximum absolute atomic E-state index is 4.53. The predicted molar refractivity (Wildman–Crippen MR) is 76.3 cm³/mol. The summed E-state index contributed by atoms with van der Waals surface area (Å²) in [4.78, 5) is 0. The molecule has 2 aliphatic carbocycles. The van der Waals surface area contributed by atoms with Gasteiger partial charge in [-0.3, -0.25) is 0 Å². The van der Waals surface area contributed by atoms with E-state index in [1.165, 1.54) is 47.2 Å². The van der Waals surface area contributed by atoms with Crippen molar-refractivity contribution >= 4 is 0 Å². The second-order valence-electron chi connectivity index (χ2n) is 6.10. The molecule has 2 unspecified atom stereocenters. The summed E-state index contributed by atoms with van der Waals surface area (Å²) in [5, 5.41) is 9.01. The zero-order valence-corrected chi connectivity index (χ0v) is 11.5. The molecule has 0 aliphatic heterocycles. The monoisotopic (exact) mass is 250 g/mol. The van der Waals surface area contributed by atoms with Crippen LogP contribution in [-0.2, 0) is 0 Å². The number of aryl methyl sites for hydroxylation is 2. The summed E-state index contributed by atoms with van der Waals surface area (Å²) in [6.07, 6.45) is 3.96. The molecule has 0 radical (unpaired) electrons. The first-order chi connectivity index (χ1) is 9.22. The summed E-state index contributed by atoms with van der Waals surface area (Å²) >= 11 is 0. The lowest BCUT2D eigenvalue weighted by atomic mass is 9.94. The molecule has 4 rings (SSSR count). The molecular weight excluding hydrogens is 232 g/mol. The number of hydrogen-bond acceptors (Lipinski definition) is 2. The smallest absolute Gasteiger partial charge is 0.0935 e. The van der Waals surface area contributed by atoms with Crippen LogP contribution in [0.3, 0.4) is 0 Å². The highest BCUT2D eigenvalue weighted by atomic mass is 15.1. The van der Waals surface area contributed by atoms with Crippen molar-refractivity contribution in [2.75, 3.05) is 0 Å². The van der Waals surface area contributed by atoms with E-state index in [1.807, 2.05) is 0 Å². The van der Waals surface area contributed by atoms with Gasteiger partial charge in [-0.2, -0.15) is 10.2 Å². The van der Waals surface area contributed by atoms with Crippen LogP contribution in [-0.4, -0.2) is 10.2 Å². The number of rotatable bonds is 1. The van der Waals surface area contributed by atoms with Crippen LogP contribution in [0.15, 0.2) is 24.3 Å². The lowest BCUT2D eigenvalue weighted by Gasteiger charge is -2.14. The Labute approximate surface area is 113 Å². The lowest BCUT2D eigenvalue weighted by molar-refractivity contribution is 0.681. The maximum Gasteiger partial charge on any atom is 0.0935 e. The number of benzene rings is 1. The molecule has 1 aromatic carbocycles. The fourth-order valence-corrected chi connectivity index (χ4v) is 3.80. The SMILES string of the molecule is Cc1ccc(-c2cc3c(nn2)C2CCC3C2)c(C)c1. The third-order valence-corrected chi connectivity index (χ3v) is 4.77. The van der Waals surface area contributed by atoms with Crippen LogP contribution < -0.4 is 0 Å². The Hall–Kier alpha value is -1.70. The van der Waals surface area contributed by atoms with Crippen LogP contribution >= 0.6 is 0 Å². The topological polar surface area (TPSA) is 25.8 Å². The van der Waals surface area contributed by atoms with Crippen molar-refractivity contribution in [3.8, 4) is 11.3 Å². The summed E-state index contributed by atoms with van der Waals surface area (Å²) in [5.41, 5.74) is 7.62. The van der Waals surface area contributed by atoms with Crippen LogP contribution in [0.5, 0.6) is 0 Å². The average molecular weight is 250 g/mol. The van der Waals surface area contributed by atoms with Crippen LogP contribution in [0.2, 0.25) is 0 Å². The zero-order chi connectivity index (χ0) is 13.0. The Bertz CT molecular complexity index is 660. The minimum atomic E-state index is 0.695. The van der Waals surface area contributed by atoms with Crippen molar-refractivity contribution < 1.29 is 0 Å². The molecule has 0 N–H and O–H groups in total. The molecule has 0 amide bonds. The molecule has 19 heavy (non-hydrogen) atoms. The molecule has 2 aliphatic rings. The molecule has 1 fully saturated rings. The quantitative estimate of drug-likeness (QED) is 0.760. The average Bonchev–Trinajstić information content (AvgIpc) is 3.00. The van der Waals surface area contributed by atoms with E-state index in [4.69, 9.17) is 0 Å². The summed E-state index contributed by atoms with van der Waals surface area (Å²) in [7, 11) is 0. The molecule has 0 spiro atoms. The minimum absolute atomic E-state index is 0.695. The largest absolute Gasteiger partial charge is 0.154 e. The van der Waals surface area contributed by atoms with Gasteiger partial charge in [0.2, 0.25) is 0 Å². The molecule has 2 heteroatoms. The minimum Gasteiger partial charge on any atom is -0.154 e. The Balaban J connectivity index is 1.83. The van der Waals surface area contributed by atoms with E-state index in [2.05, 4.69) is 48.3 Å². The van der Waals surface area contributed by atoms with Crippen molar-refractivity contribution in [3.63, 3.8) is 0 Å². The first kappa shape index (κ1) is 11.2. The van der Waals surface area contributed by atoms with E-state index in [9.17, 15) is 0 Å². The first-order valence-corrected chi connectivity index (χ1v) is 7.17. The highest BCUT2D eigenvalue weighted by Crippen LogP contribution is 2.52. The third-order valence-electron chi connectivity index (χ3n) is 4.77. The van der Waals surface area contributed by atoms with Crippen molar-refractivity contribution in [1.82, 2.24) is 10.2 Å². The van der Waals surface area contributed by atoms with Gasteiger partial charge in [-0.05, 0) is 56.2 Å². The molecule has 2 atom stereocenters. The van der Waals surface area contributed by atoms with E-state index in [1.54, 1.807) is 0 Å². The van der Waals surface area contributed by atoms with Gasteiger partial charge in [0.1, 0.15) is 0 Å². The molecular formula is C17H18N2. The Morgan fingerprint density at radius 1 is 1.00 bits per heavy atom. The van der Waals surface area contributed by atoms with Crippen molar-refractivity contribution in [3.05, 3.63) is 46.6 Å². The predicted octanol–water partition coefficient (Wildman–Crippen LogP) is 4.13. The van der Waals surface area contributed by atoms with Crippen LogP contribution in [0.25, 0.3) is 11.3 Å². The second kappa shape index (κ2) is 3.89. The van der Waals surface area contributed by atoms with Gasteiger partial charge in [0.05, 0.1) is 11.4 Å². The van der Waals surface area contributed by atoms with Crippen LogP contribution in [0.4, 0.5) is 0 Å². The number of fused-ring (bicyclic) bond motifs is 5. The highest BCUT2D eigenvalue weighted by molar-refractivity contribution is 5.65.